The van der Waals surface area contributed by atoms with E-state index in [1.165, 1.54) is 4.90 Å². The predicted molar refractivity (Wildman–Crippen MR) is 60.3 cm³/mol. The summed E-state index contributed by atoms with van der Waals surface area (Å²) in [4.78, 5) is 34.9. The highest BCUT2D eigenvalue weighted by molar-refractivity contribution is 6.45. The van der Waals surface area contributed by atoms with Crippen molar-refractivity contribution in [1.29, 1.82) is 0 Å². The molecule has 6 heteroatoms. The lowest BCUT2D eigenvalue weighted by Gasteiger charge is -2.13. The zero-order chi connectivity index (χ0) is 13.6. The van der Waals surface area contributed by atoms with Crippen molar-refractivity contribution < 1.29 is 24.2 Å². The molecule has 1 atom stereocenters. The topological polar surface area (TPSA) is 83.9 Å². The number of carboxylic acids is 1. The molecule has 0 aromatic rings. The largest absolute Gasteiger partial charge is 0.475 e. The van der Waals surface area contributed by atoms with Crippen molar-refractivity contribution in [3.63, 3.8) is 0 Å². The molecule has 0 spiro atoms. The van der Waals surface area contributed by atoms with Gasteiger partial charge in [0.25, 0.3) is 5.78 Å². The van der Waals surface area contributed by atoms with Crippen molar-refractivity contribution in [2.75, 3.05) is 14.1 Å². The number of ether oxygens (including phenoxy) is 1. The Labute approximate surface area is 99.9 Å². The first kappa shape index (κ1) is 15.2. The first-order chi connectivity index (χ1) is 7.79. The van der Waals surface area contributed by atoms with Crippen LogP contribution in [-0.4, -0.2) is 47.9 Å². The molecule has 6 nitrogen and oxygen atoms in total. The molecule has 17 heavy (non-hydrogen) atoms. The van der Waals surface area contributed by atoms with Crippen LogP contribution in [0.25, 0.3) is 0 Å². The minimum atomic E-state index is -1.68. The molecule has 0 saturated carbocycles. The highest BCUT2D eigenvalue weighted by Gasteiger charge is 2.27. The van der Waals surface area contributed by atoms with Crippen LogP contribution >= 0.6 is 0 Å². The Morgan fingerprint density at radius 2 is 1.88 bits per heavy atom. The molecule has 0 aromatic heterocycles. The van der Waals surface area contributed by atoms with E-state index in [4.69, 9.17) is 9.84 Å². The lowest BCUT2D eigenvalue weighted by Crippen LogP contribution is -2.26. The van der Waals surface area contributed by atoms with Gasteiger partial charge in [-0.2, -0.15) is 0 Å². The standard InChI is InChI=1S/C11H17NO5/c1-5-7(2)17-11(16)8(6-12(3)4)9(13)10(14)15/h6-7H,5H2,1-4H3,(H,14,15). The number of hydrogen-bond donors (Lipinski definition) is 1. The Morgan fingerprint density at radius 3 is 2.24 bits per heavy atom. The fourth-order valence-corrected chi connectivity index (χ4v) is 0.907. The second kappa shape index (κ2) is 6.67. The average molecular weight is 243 g/mol. The van der Waals surface area contributed by atoms with Crippen LogP contribution < -0.4 is 0 Å². The summed E-state index contributed by atoms with van der Waals surface area (Å²) in [5.41, 5.74) is -0.484. The van der Waals surface area contributed by atoms with E-state index in [0.29, 0.717) is 6.42 Å². The van der Waals surface area contributed by atoms with E-state index >= 15 is 0 Å². The third-order valence-electron chi connectivity index (χ3n) is 1.93. The van der Waals surface area contributed by atoms with Gasteiger partial charge in [0, 0.05) is 20.3 Å². The van der Waals surface area contributed by atoms with E-state index in [-0.39, 0.29) is 6.10 Å². The van der Waals surface area contributed by atoms with Crippen LogP contribution in [0.2, 0.25) is 0 Å². The normalized spacial score (nSPS) is 12.8. The van der Waals surface area contributed by atoms with Crippen molar-refractivity contribution in [3.8, 4) is 0 Å². The third kappa shape index (κ3) is 5.14. The number of ketones is 1. The minimum Gasteiger partial charge on any atom is -0.475 e. The van der Waals surface area contributed by atoms with Crippen LogP contribution in [0.5, 0.6) is 0 Å². The molecule has 0 saturated heterocycles. The second-order valence-corrected chi connectivity index (χ2v) is 3.76. The summed E-state index contributed by atoms with van der Waals surface area (Å²) < 4.78 is 4.92. The Hall–Kier alpha value is -1.85. The summed E-state index contributed by atoms with van der Waals surface area (Å²) in [5, 5.41) is 8.59. The molecule has 0 bridgehead atoms. The smallest absolute Gasteiger partial charge is 0.377 e. The third-order valence-corrected chi connectivity index (χ3v) is 1.93. The van der Waals surface area contributed by atoms with Crippen LogP contribution in [0.1, 0.15) is 20.3 Å². The first-order valence-electron chi connectivity index (χ1n) is 5.16. The van der Waals surface area contributed by atoms with Crippen LogP contribution in [0.15, 0.2) is 11.8 Å². The van der Waals surface area contributed by atoms with Crippen molar-refractivity contribution in [3.05, 3.63) is 11.8 Å². The lowest BCUT2D eigenvalue weighted by molar-refractivity contribution is -0.151. The van der Waals surface area contributed by atoms with Gasteiger partial charge >= 0.3 is 11.9 Å². The monoisotopic (exact) mass is 243 g/mol. The maximum atomic E-state index is 11.6. The quantitative estimate of drug-likeness (QED) is 0.239. The minimum absolute atomic E-state index is 0.366. The van der Waals surface area contributed by atoms with Gasteiger partial charge in [-0.05, 0) is 13.3 Å². The van der Waals surface area contributed by atoms with E-state index < -0.39 is 23.3 Å². The van der Waals surface area contributed by atoms with E-state index in [0.717, 1.165) is 6.20 Å². The molecule has 0 amide bonds. The zero-order valence-electron chi connectivity index (χ0n) is 10.4. The van der Waals surface area contributed by atoms with Crippen molar-refractivity contribution >= 4 is 17.7 Å². The molecule has 0 radical (unpaired) electrons. The molecule has 0 fully saturated rings. The molecule has 96 valence electrons. The summed E-state index contributed by atoms with van der Waals surface area (Å²) >= 11 is 0. The van der Waals surface area contributed by atoms with Crippen molar-refractivity contribution in [2.24, 2.45) is 0 Å². The number of nitrogens with zero attached hydrogens (tertiary/aromatic N) is 1. The summed E-state index contributed by atoms with van der Waals surface area (Å²) in [5.74, 6) is -3.87. The number of carbonyl (C=O) groups is 3. The second-order valence-electron chi connectivity index (χ2n) is 3.76. The van der Waals surface area contributed by atoms with Crippen LogP contribution in [0.4, 0.5) is 0 Å². The van der Waals surface area contributed by atoms with Gasteiger partial charge in [0.05, 0.1) is 6.10 Å². The van der Waals surface area contributed by atoms with Crippen LogP contribution in [0.3, 0.4) is 0 Å². The van der Waals surface area contributed by atoms with E-state index in [9.17, 15) is 14.4 Å². The maximum Gasteiger partial charge on any atom is 0.377 e. The molecule has 0 aliphatic carbocycles. The highest BCUT2D eigenvalue weighted by atomic mass is 16.5. The van der Waals surface area contributed by atoms with E-state index in [1.807, 2.05) is 6.92 Å². The number of aliphatic carboxylic acids is 1. The Kier molecular flexibility index (Phi) is 5.95. The summed E-state index contributed by atoms with van der Waals surface area (Å²) in [6.07, 6.45) is 1.36. The number of Topliss-reactive ketones (excluding diaryl/α,β-unsaturated/α-hetero) is 1. The van der Waals surface area contributed by atoms with Gasteiger partial charge in [-0.25, -0.2) is 9.59 Å². The summed E-state index contributed by atoms with van der Waals surface area (Å²) in [6, 6.07) is 0. The summed E-state index contributed by atoms with van der Waals surface area (Å²) in [7, 11) is 3.15. The van der Waals surface area contributed by atoms with Gasteiger partial charge in [-0.15, -0.1) is 0 Å². The van der Waals surface area contributed by atoms with Crippen LogP contribution in [0, 0.1) is 0 Å². The van der Waals surface area contributed by atoms with Crippen molar-refractivity contribution in [1.82, 2.24) is 4.90 Å². The first-order valence-corrected chi connectivity index (χ1v) is 5.16. The highest BCUT2D eigenvalue weighted by Crippen LogP contribution is 2.06. The Bertz CT molecular complexity index is 346. The molecule has 0 aromatic carbocycles. The predicted octanol–water partition coefficient (Wildman–Crippen LogP) is 0.427. The fourth-order valence-electron chi connectivity index (χ4n) is 0.907. The average Bonchev–Trinajstić information content (AvgIpc) is 2.24. The number of rotatable bonds is 6. The number of carbonyl (C=O) groups excluding carboxylic acids is 2. The maximum absolute atomic E-state index is 11.6. The number of carboxylic acid groups (broad SMARTS) is 1. The van der Waals surface area contributed by atoms with Gasteiger partial charge in [-0.3, -0.25) is 4.79 Å². The molecule has 0 aliphatic rings. The van der Waals surface area contributed by atoms with E-state index in [1.54, 1.807) is 21.0 Å². The molecular formula is C11H17NO5. The Morgan fingerprint density at radius 1 is 1.35 bits per heavy atom. The summed E-state index contributed by atoms with van der Waals surface area (Å²) in [6.45, 7) is 3.47. The lowest BCUT2D eigenvalue weighted by atomic mass is 10.2. The Balaban J connectivity index is 5.01. The molecule has 0 heterocycles. The van der Waals surface area contributed by atoms with Gasteiger partial charge in [0.2, 0.25) is 0 Å². The SMILES string of the molecule is CCC(C)OC(=O)C(=CN(C)C)C(=O)C(=O)O. The van der Waals surface area contributed by atoms with Crippen molar-refractivity contribution in [2.45, 2.75) is 26.4 Å². The zero-order valence-corrected chi connectivity index (χ0v) is 10.4. The molecule has 1 N–H and O–H groups in total. The number of hydrogen-bond acceptors (Lipinski definition) is 5. The molecule has 1 unspecified atom stereocenters. The number of esters is 1. The van der Waals surface area contributed by atoms with Gasteiger partial charge in [0.1, 0.15) is 5.57 Å². The molecule has 0 aliphatic heterocycles. The molecular weight excluding hydrogens is 226 g/mol. The fraction of sp³-hybridized carbons (Fsp3) is 0.545. The molecule has 0 rings (SSSR count). The van der Waals surface area contributed by atoms with Gasteiger partial charge in [0.15, 0.2) is 0 Å². The van der Waals surface area contributed by atoms with Gasteiger partial charge < -0.3 is 14.7 Å². The van der Waals surface area contributed by atoms with Gasteiger partial charge in [-0.1, -0.05) is 6.92 Å². The van der Waals surface area contributed by atoms with E-state index in [2.05, 4.69) is 0 Å². The van der Waals surface area contributed by atoms with Crippen LogP contribution in [-0.2, 0) is 19.1 Å².